The van der Waals surface area contributed by atoms with Gasteiger partial charge >= 0.3 is 0 Å². The van der Waals surface area contributed by atoms with Crippen molar-refractivity contribution in [1.82, 2.24) is 14.5 Å². The predicted molar refractivity (Wildman–Crippen MR) is 62.1 cm³/mol. The number of nitrogens with zero attached hydrogens (tertiary/aromatic N) is 3. The van der Waals surface area contributed by atoms with Gasteiger partial charge in [-0.15, -0.1) is 0 Å². The van der Waals surface area contributed by atoms with Gasteiger partial charge in [-0.25, -0.2) is 9.97 Å². The number of aliphatic hydroxyl groups excluding tert-OH is 1. The van der Waals surface area contributed by atoms with E-state index in [1.54, 1.807) is 10.8 Å². The maximum Gasteiger partial charge on any atom is 0.147 e. The Balaban J connectivity index is 2.14. The van der Waals surface area contributed by atoms with Gasteiger partial charge in [0.1, 0.15) is 17.7 Å². The zero-order valence-electron chi connectivity index (χ0n) is 9.45. The van der Waals surface area contributed by atoms with Crippen LogP contribution in [-0.4, -0.2) is 31.4 Å². The van der Waals surface area contributed by atoms with Crippen molar-refractivity contribution in [3.05, 3.63) is 24.8 Å². The summed E-state index contributed by atoms with van der Waals surface area (Å²) in [5.74, 6) is -0.118. The molecule has 0 unspecified atom stereocenters. The Morgan fingerprint density at radius 1 is 1.53 bits per heavy atom. The molecule has 0 aliphatic heterocycles. The van der Waals surface area contributed by atoms with Crippen LogP contribution in [0.3, 0.4) is 0 Å². The smallest absolute Gasteiger partial charge is 0.147 e. The first-order chi connectivity index (χ1) is 8.25. The molecule has 2 N–H and O–H groups in total. The molecule has 1 aliphatic rings. The fraction of sp³-hybridized carbons (Fsp3) is 0.500. The molecule has 90 valence electrons. The lowest BCUT2D eigenvalue weighted by atomic mass is 10.0. The van der Waals surface area contributed by atoms with E-state index in [0.29, 0.717) is 6.42 Å². The predicted octanol–water partition coefficient (Wildman–Crippen LogP) is 0.869. The molecule has 1 saturated carbocycles. The standard InChI is InChI=1S/C12H15N3O2/c16-7-10-2-1-4-12(10,17)15-5-3-9-6-13-8-14-11(9)15/h3,5-6,8,10,16-17H,1-2,4,7H2/t10-,12-/m0/s1. The summed E-state index contributed by atoms with van der Waals surface area (Å²) in [7, 11) is 0. The summed E-state index contributed by atoms with van der Waals surface area (Å²) in [6.07, 6.45) is 7.46. The Hall–Kier alpha value is -1.46. The second-order valence-corrected chi connectivity index (χ2v) is 4.64. The molecule has 3 rings (SSSR count). The van der Waals surface area contributed by atoms with Gasteiger partial charge in [-0.05, 0) is 25.3 Å². The highest BCUT2D eigenvalue weighted by molar-refractivity contribution is 5.75. The minimum Gasteiger partial charge on any atom is -0.396 e. The van der Waals surface area contributed by atoms with Crippen LogP contribution in [-0.2, 0) is 5.72 Å². The lowest BCUT2D eigenvalue weighted by Gasteiger charge is -2.31. The SMILES string of the molecule is OC[C@@H]1CCC[C@@]1(O)n1ccc2cncnc21. The Labute approximate surface area is 98.7 Å². The van der Waals surface area contributed by atoms with E-state index >= 15 is 0 Å². The largest absolute Gasteiger partial charge is 0.396 e. The Morgan fingerprint density at radius 3 is 3.24 bits per heavy atom. The van der Waals surface area contributed by atoms with Crippen LogP contribution in [0.2, 0.25) is 0 Å². The van der Waals surface area contributed by atoms with Crippen molar-refractivity contribution in [1.29, 1.82) is 0 Å². The molecule has 0 aromatic carbocycles. The van der Waals surface area contributed by atoms with E-state index in [0.717, 1.165) is 23.9 Å². The van der Waals surface area contributed by atoms with E-state index in [4.69, 9.17) is 0 Å². The molecular formula is C12H15N3O2. The number of hydrogen-bond acceptors (Lipinski definition) is 4. The number of rotatable bonds is 2. The minimum atomic E-state index is -1.01. The zero-order valence-corrected chi connectivity index (χ0v) is 9.45. The van der Waals surface area contributed by atoms with Crippen LogP contribution in [0.4, 0.5) is 0 Å². The quantitative estimate of drug-likeness (QED) is 0.807. The van der Waals surface area contributed by atoms with E-state index < -0.39 is 5.72 Å². The summed E-state index contributed by atoms with van der Waals surface area (Å²) < 4.78 is 1.78. The number of aliphatic hydroxyl groups is 2. The second-order valence-electron chi connectivity index (χ2n) is 4.64. The first-order valence-electron chi connectivity index (χ1n) is 5.86. The summed E-state index contributed by atoms with van der Waals surface area (Å²) >= 11 is 0. The van der Waals surface area contributed by atoms with Crippen LogP contribution in [0, 0.1) is 5.92 Å². The molecule has 0 spiro atoms. The third-order valence-electron chi connectivity index (χ3n) is 3.74. The maximum atomic E-state index is 10.8. The van der Waals surface area contributed by atoms with Crippen LogP contribution in [0.15, 0.2) is 24.8 Å². The normalized spacial score (nSPS) is 28.9. The minimum absolute atomic E-state index is 0.00125. The average molecular weight is 233 g/mol. The van der Waals surface area contributed by atoms with E-state index in [1.807, 2.05) is 12.3 Å². The molecule has 0 amide bonds. The summed E-state index contributed by atoms with van der Waals surface area (Å²) in [5, 5.41) is 21.0. The van der Waals surface area contributed by atoms with Gasteiger partial charge in [-0.2, -0.15) is 0 Å². The van der Waals surface area contributed by atoms with E-state index in [-0.39, 0.29) is 12.5 Å². The molecule has 0 saturated heterocycles. The van der Waals surface area contributed by atoms with Gasteiger partial charge in [0.2, 0.25) is 0 Å². The first-order valence-corrected chi connectivity index (χ1v) is 5.86. The number of aromatic nitrogens is 3. The molecule has 1 aliphatic carbocycles. The van der Waals surface area contributed by atoms with Gasteiger partial charge in [0.25, 0.3) is 0 Å². The molecule has 0 radical (unpaired) electrons. The third kappa shape index (κ3) is 1.46. The van der Waals surface area contributed by atoms with E-state index in [1.165, 1.54) is 6.33 Å². The molecule has 2 aromatic heterocycles. The molecule has 17 heavy (non-hydrogen) atoms. The van der Waals surface area contributed by atoms with Gasteiger partial charge < -0.3 is 14.8 Å². The van der Waals surface area contributed by atoms with Crippen molar-refractivity contribution in [3.63, 3.8) is 0 Å². The van der Waals surface area contributed by atoms with Crippen LogP contribution < -0.4 is 0 Å². The van der Waals surface area contributed by atoms with Crippen molar-refractivity contribution in [3.8, 4) is 0 Å². The van der Waals surface area contributed by atoms with Crippen molar-refractivity contribution in [2.75, 3.05) is 6.61 Å². The van der Waals surface area contributed by atoms with Gasteiger partial charge in [-0.3, -0.25) is 0 Å². The summed E-state index contributed by atoms with van der Waals surface area (Å²) in [6.45, 7) is 0.00125. The average Bonchev–Trinajstić information content (AvgIpc) is 2.93. The van der Waals surface area contributed by atoms with Crippen LogP contribution >= 0.6 is 0 Å². The molecule has 0 bridgehead atoms. The maximum absolute atomic E-state index is 10.8. The molecule has 2 aromatic rings. The Kier molecular flexibility index (Phi) is 2.38. The molecule has 5 nitrogen and oxygen atoms in total. The third-order valence-corrected chi connectivity index (χ3v) is 3.74. The first kappa shape index (κ1) is 10.7. The van der Waals surface area contributed by atoms with Gasteiger partial charge in [0, 0.05) is 23.7 Å². The van der Waals surface area contributed by atoms with Crippen molar-refractivity contribution < 1.29 is 10.2 Å². The molecule has 2 atom stereocenters. The summed E-state index contributed by atoms with van der Waals surface area (Å²) in [5.41, 5.74) is -0.284. The number of fused-ring (bicyclic) bond motifs is 1. The fourth-order valence-corrected chi connectivity index (χ4v) is 2.79. The Bertz CT molecular complexity index is 539. The lowest BCUT2D eigenvalue weighted by molar-refractivity contribution is -0.0840. The highest BCUT2D eigenvalue weighted by atomic mass is 16.3. The highest BCUT2D eigenvalue weighted by Crippen LogP contribution is 2.40. The molecule has 2 heterocycles. The highest BCUT2D eigenvalue weighted by Gasteiger charge is 2.42. The van der Waals surface area contributed by atoms with E-state index in [2.05, 4.69) is 9.97 Å². The van der Waals surface area contributed by atoms with E-state index in [9.17, 15) is 10.2 Å². The van der Waals surface area contributed by atoms with Crippen molar-refractivity contribution in [2.45, 2.75) is 25.0 Å². The Morgan fingerprint density at radius 2 is 2.41 bits per heavy atom. The topological polar surface area (TPSA) is 71.2 Å². The van der Waals surface area contributed by atoms with Crippen LogP contribution in [0.1, 0.15) is 19.3 Å². The second kappa shape index (κ2) is 3.78. The summed E-state index contributed by atoms with van der Waals surface area (Å²) in [6, 6.07) is 1.89. The van der Waals surface area contributed by atoms with Crippen LogP contribution in [0.25, 0.3) is 11.0 Å². The monoisotopic (exact) mass is 233 g/mol. The zero-order chi connectivity index (χ0) is 11.9. The van der Waals surface area contributed by atoms with Gasteiger partial charge in [-0.1, -0.05) is 0 Å². The fourth-order valence-electron chi connectivity index (χ4n) is 2.79. The van der Waals surface area contributed by atoms with Gasteiger partial charge in [0.15, 0.2) is 0 Å². The molecule has 5 heteroatoms. The lowest BCUT2D eigenvalue weighted by Crippen LogP contribution is -2.38. The number of hydrogen-bond donors (Lipinski definition) is 2. The molecular weight excluding hydrogens is 218 g/mol. The molecule has 1 fully saturated rings. The van der Waals surface area contributed by atoms with Gasteiger partial charge in [0.05, 0.1) is 6.61 Å². The summed E-state index contributed by atoms with van der Waals surface area (Å²) in [4.78, 5) is 8.17. The van der Waals surface area contributed by atoms with Crippen molar-refractivity contribution in [2.24, 2.45) is 5.92 Å². The van der Waals surface area contributed by atoms with Crippen molar-refractivity contribution >= 4 is 11.0 Å². The van der Waals surface area contributed by atoms with Crippen LogP contribution in [0.5, 0.6) is 0 Å².